The van der Waals surface area contributed by atoms with E-state index in [4.69, 9.17) is 14.5 Å². The molecule has 1 atom stereocenters. The molecular weight excluding hydrogens is 536 g/mol. The van der Waals surface area contributed by atoms with E-state index in [0.29, 0.717) is 17.9 Å². The number of aromatic nitrogens is 3. The van der Waals surface area contributed by atoms with Crippen LogP contribution in [0.4, 0.5) is 11.4 Å². The van der Waals surface area contributed by atoms with Gasteiger partial charge in [-0.15, -0.1) is 0 Å². The quantitative estimate of drug-likeness (QED) is 0.169. The summed E-state index contributed by atoms with van der Waals surface area (Å²) >= 11 is 0. The zero-order valence-corrected chi connectivity index (χ0v) is 24.1. The van der Waals surface area contributed by atoms with Crippen LogP contribution in [0.15, 0.2) is 122 Å². The first kappa shape index (κ1) is 27.7. The van der Waals surface area contributed by atoms with Crippen LogP contribution in [0.3, 0.4) is 0 Å². The zero-order valence-electron chi connectivity index (χ0n) is 24.1. The highest BCUT2D eigenvalue weighted by atomic mass is 16.5. The van der Waals surface area contributed by atoms with Gasteiger partial charge in [-0.1, -0.05) is 78.9 Å². The van der Waals surface area contributed by atoms with Gasteiger partial charge in [-0.3, -0.25) is 4.98 Å². The number of ether oxygens (including phenoxy) is 2. The summed E-state index contributed by atoms with van der Waals surface area (Å²) in [6, 6.07) is 32.1. The van der Waals surface area contributed by atoms with Crippen LogP contribution >= 0.6 is 0 Å². The highest BCUT2D eigenvalue weighted by molar-refractivity contribution is 6.07. The second-order valence-corrected chi connectivity index (χ2v) is 10.2. The summed E-state index contributed by atoms with van der Waals surface area (Å²) in [5.74, 6) is 0.368. The topological polar surface area (TPSA) is 78.3 Å². The average molecular weight is 569 g/mol. The first-order valence-corrected chi connectivity index (χ1v) is 14.3. The molecule has 214 valence electrons. The lowest BCUT2D eigenvalue weighted by atomic mass is 9.94. The molecule has 6 rings (SSSR count). The minimum atomic E-state index is -0.421. The Hall–Kier alpha value is -5.43. The standard InChI is InChI=1S/C36H32N4O3/c1-3-42-36(41)31-22-38-33-29(34(31)39-32-15-8-7-10-25(32)2)13-9-14-30(33)35(40-21-20-37-24-40)27-16-18-28(19-17-27)43-23-26-11-5-4-6-12-26/h4-22,24,35H,3,23H2,1-2H3,(H,38,39). The van der Waals surface area contributed by atoms with Crippen molar-refractivity contribution in [1.29, 1.82) is 0 Å². The molecule has 0 spiro atoms. The molecule has 0 aliphatic carbocycles. The molecule has 0 radical (unpaired) electrons. The van der Waals surface area contributed by atoms with Crippen molar-refractivity contribution in [3.8, 4) is 5.75 Å². The number of imidazole rings is 1. The molecule has 6 aromatic rings. The predicted octanol–water partition coefficient (Wildman–Crippen LogP) is 7.88. The molecule has 0 saturated heterocycles. The number of benzene rings is 4. The normalized spacial score (nSPS) is 11.7. The van der Waals surface area contributed by atoms with Crippen LogP contribution in [0.2, 0.25) is 0 Å². The van der Waals surface area contributed by atoms with Gasteiger partial charge in [-0.25, -0.2) is 9.78 Å². The monoisotopic (exact) mass is 568 g/mol. The Morgan fingerprint density at radius 1 is 0.930 bits per heavy atom. The molecule has 7 heteroatoms. The molecule has 0 aliphatic rings. The van der Waals surface area contributed by atoms with Gasteiger partial charge in [0.2, 0.25) is 0 Å². The van der Waals surface area contributed by atoms with Gasteiger partial charge in [0.15, 0.2) is 0 Å². The van der Waals surface area contributed by atoms with Crippen molar-refractivity contribution in [3.63, 3.8) is 0 Å². The van der Waals surface area contributed by atoms with Crippen LogP contribution < -0.4 is 10.1 Å². The third-order valence-corrected chi connectivity index (χ3v) is 7.39. The van der Waals surface area contributed by atoms with Gasteiger partial charge >= 0.3 is 5.97 Å². The van der Waals surface area contributed by atoms with Crippen molar-refractivity contribution in [2.24, 2.45) is 0 Å². The molecule has 2 aromatic heterocycles. The zero-order chi connectivity index (χ0) is 29.6. The van der Waals surface area contributed by atoms with Gasteiger partial charge in [0, 0.05) is 35.2 Å². The molecule has 0 aliphatic heterocycles. The number of pyridine rings is 1. The predicted molar refractivity (Wildman–Crippen MR) is 169 cm³/mol. The molecule has 4 aromatic carbocycles. The molecule has 1 N–H and O–H groups in total. The molecule has 0 bridgehead atoms. The SMILES string of the molecule is CCOC(=O)c1cnc2c(C(c3ccc(OCc4ccccc4)cc3)n3ccnc3)cccc2c1Nc1ccccc1C. The van der Waals surface area contributed by atoms with E-state index in [-0.39, 0.29) is 12.6 Å². The summed E-state index contributed by atoms with van der Waals surface area (Å²) in [5, 5.41) is 4.34. The molecule has 43 heavy (non-hydrogen) atoms. The fourth-order valence-electron chi connectivity index (χ4n) is 5.23. The number of esters is 1. The van der Waals surface area contributed by atoms with E-state index >= 15 is 0 Å². The molecule has 1 unspecified atom stereocenters. The Morgan fingerprint density at radius 3 is 2.47 bits per heavy atom. The van der Waals surface area contributed by atoms with E-state index in [1.165, 1.54) is 0 Å². The minimum Gasteiger partial charge on any atom is -0.489 e. The van der Waals surface area contributed by atoms with Gasteiger partial charge in [-0.05, 0) is 48.7 Å². The van der Waals surface area contributed by atoms with Crippen LogP contribution in [0.1, 0.15) is 45.6 Å². The highest BCUT2D eigenvalue weighted by Crippen LogP contribution is 2.37. The van der Waals surface area contributed by atoms with E-state index in [1.54, 1.807) is 19.3 Å². The van der Waals surface area contributed by atoms with Crippen LogP contribution in [-0.2, 0) is 11.3 Å². The fourth-order valence-corrected chi connectivity index (χ4v) is 5.23. The number of nitrogens with one attached hydrogen (secondary N) is 1. The van der Waals surface area contributed by atoms with E-state index in [2.05, 4.69) is 33.1 Å². The summed E-state index contributed by atoms with van der Waals surface area (Å²) in [6.07, 6.45) is 7.13. The number of carbonyl (C=O) groups excluding carboxylic acids is 1. The number of nitrogens with zero attached hydrogens (tertiary/aromatic N) is 3. The van der Waals surface area contributed by atoms with E-state index in [9.17, 15) is 4.79 Å². The van der Waals surface area contributed by atoms with E-state index < -0.39 is 5.97 Å². The van der Waals surface area contributed by atoms with Crippen molar-refractivity contribution in [3.05, 3.63) is 150 Å². The van der Waals surface area contributed by atoms with Crippen LogP contribution in [0.5, 0.6) is 5.75 Å². The first-order chi connectivity index (χ1) is 21.1. The number of carbonyl (C=O) groups is 1. The Kier molecular flexibility index (Phi) is 8.13. The number of rotatable bonds is 10. The third-order valence-electron chi connectivity index (χ3n) is 7.39. The number of fused-ring (bicyclic) bond motifs is 1. The smallest absolute Gasteiger partial charge is 0.341 e. The van der Waals surface area contributed by atoms with E-state index in [1.807, 2.05) is 98.3 Å². The average Bonchev–Trinajstić information content (AvgIpc) is 3.57. The molecule has 7 nitrogen and oxygen atoms in total. The first-order valence-electron chi connectivity index (χ1n) is 14.3. The van der Waals surface area contributed by atoms with Crippen LogP contribution in [-0.4, -0.2) is 27.1 Å². The van der Waals surface area contributed by atoms with Crippen LogP contribution in [0.25, 0.3) is 10.9 Å². The van der Waals surface area contributed by atoms with Gasteiger partial charge in [-0.2, -0.15) is 0 Å². The number of para-hydroxylation sites is 2. The van der Waals surface area contributed by atoms with Crippen molar-refractivity contribution >= 4 is 28.2 Å². The number of hydrogen-bond acceptors (Lipinski definition) is 6. The van der Waals surface area contributed by atoms with E-state index in [0.717, 1.165) is 44.6 Å². The third kappa shape index (κ3) is 5.97. The van der Waals surface area contributed by atoms with Gasteiger partial charge in [0.1, 0.15) is 17.9 Å². The van der Waals surface area contributed by atoms with Crippen molar-refractivity contribution in [2.75, 3.05) is 11.9 Å². The van der Waals surface area contributed by atoms with Gasteiger partial charge in [0.25, 0.3) is 0 Å². The molecular formula is C36H32N4O3. The van der Waals surface area contributed by atoms with Gasteiger partial charge < -0.3 is 19.4 Å². The fraction of sp³-hybridized carbons (Fsp3) is 0.139. The Bertz CT molecular complexity index is 1840. The second kappa shape index (κ2) is 12.6. The number of hydrogen-bond donors (Lipinski definition) is 1. The molecule has 2 heterocycles. The largest absolute Gasteiger partial charge is 0.489 e. The highest BCUT2D eigenvalue weighted by Gasteiger charge is 2.23. The maximum atomic E-state index is 13.1. The van der Waals surface area contributed by atoms with Crippen LogP contribution in [0, 0.1) is 6.92 Å². The van der Waals surface area contributed by atoms with Crippen molar-refractivity contribution < 1.29 is 14.3 Å². The van der Waals surface area contributed by atoms with Crippen molar-refractivity contribution in [1.82, 2.24) is 14.5 Å². The molecule has 0 fully saturated rings. The summed E-state index contributed by atoms with van der Waals surface area (Å²) in [7, 11) is 0. The minimum absolute atomic E-state index is 0.221. The number of aryl methyl sites for hydroxylation is 1. The maximum Gasteiger partial charge on any atom is 0.341 e. The lowest BCUT2D eigenvalue weighted by Gasteiger charge is -2.23. The Morgan fingerprint density at radius 2 is 1.72 bits per heavy atom. The Balaban J connectivity index is 1.43. The molecule has 0 amide bonds. The molecule has 0 saturated carbocycles. The summed E-state index contributed by atoms with van der Waals surface area (Å²) in [4.78, 5) is 22.2. The lowest BCUT2D eigenvalue weighted by molar-refractivity contribution is 0.0527. The summed E-state index contributed by atoms with van der Waals surface area (Å²) in [5.41, 5.74) is 6.91. The van der Waals surface area contributed by atoms with Gasteiger partial charge in [0.05, 0.1) is 30.2 Å². The number of anilines is 2. The summed E-state index contributed by atoms with van der Waals surface area (Å²) in [6.45, 7) is 4.60. The van der Waals surface area contributed by atoms with Crippen molar-refractivity contribution in [2.45, 2.75) is 26.5 Å². The summed E-state index contributed by atoms with van der Waals surface area (Å²) < 4.78 is 13.5. The lowest BCUT2D eigenvalue weighted by Crippen LogP contribution is -2.13. The Labute approximate surface area is 250 Å². The second-order valence-electron chi connectivity index (χ2n) is 10.2. The maximum absolute atomic E-state index is 13.1.